The number of aromatic nitrogens is 2. The van der Waals surface area contributed by atoms with Crippen molar-refractivity contribution in [3.05, 3.63) is 64.5 Å². The van der Waals surface area contributed by atoms with Gasteiger partial charge in [0.25, 0.3) is 5.69 Å². The van der Waals surface area contributed by atoms with E-state index in [1.54, 1.807) is 18.2 Å². The number of amides is 2. The van der Waals surface area contributed by atoms with Crippen molar-refractivity contribution in [2.45, 2.75) is 19.3 Å². The van der Waals surface area contributed by atoms with Crippen molar-refractivity contribution in [2.75, 3.05) is 18.0 Å². The molecule has 0 unspecified atom stereocenters. The molecular weight excluding hydrogens is 412 g/mol. The molecule has 2 N–H and O–H groups in total. The maximum atomic E-state index is 12.5. The van der Waals surface area contributed by atoms with Crippen molar-refractivity contribution in [2.24, 2.45) is 13.0 Å². The Morgan fingerprint density at radius 3 is 2.50 bits per heavy atom. The van der Waals surface area contributed by atoms with Crippen LogP contribution < -0.4 is 15.8 Å². The molecule has 1 aromatic heterocycles. The van der Waals surface area contributed by atoms with Crippen molar-refractivity contribution in [3.63, 3.8) is 0 Å². The van der Waals surface area contributed by atoms with E-state index in [2.05, 4.69) is 15.8 Å². The SMILES string of the molecule is Cn1c(CC(=O)NNC(=O)C2CCN(c3ccccc3[N+](=O)[O-])CC2)nc2ccccc21. The Bertz CT molecular complexity index is 1170. The molecule has 2 amide bonds. The second kappa shape index (κ2) is 9.04. The van der Waals surface area contributed by atoms with E-state index in [1.807, 2.05) is 40.8 Å². The number of hydrogen-bond acceptors (Lipinski definition) is 6. The smallest absolute Gasteiger partial charge is 0.292 e. The minimum atomic E-state index is -0.395. The van der Waals surface area contributed by atoms with Gasteiger partial charge in [0.15, 0.2) is 0 Å². The third kappa shape index (κ3) is 4.39. The quantitative estimate of drug-likeness (QED) is 0.466. The molecule has 4 rings (SSSR count). The maximum absolute atomic E-state index is 12.5. The summed E-state index contributed by atoms with van der Waals surface area (Å²) < 4.78 is 1.86. The topological polar surface area (TPSA) is 122 Å². The maximum Gasteiger partial charge on any atom is 0.292 e. The Hall–Kier alpha value is -3.95. The van der Waals surface area contributed by atoms with Crippen LogP contribution in [0.3, 0.4) is 0 Å². The summed E-state index contributed by atoms with van der Waals surface area (Å²) in [6.07, 6.45) is 1.12. The van der Waals surface area contributed by atoms with Crippen LogP contribution in [0.2, 0.25) is 0 Å². The number of nitro benzene ring substituents is 1. The van der Waals surface area contributed by atoms with Gasteiger partial charge in [0.1, 0.15) is 11.5 Å². The monoisotopic (exact) mass is 436 g/mol. The molecule has 2 heterocycles. The Morgan fingerprint density at radius 2 is 1.78 bits per heavy atom. The van der Waals surface area contributed by atoms with E-state index in [0.29, 0.717) is 37.4 Å². The molecule has 0 saturated carbocycles. The Morgan fingerprint density at radius 1 is 1.09 bits per heavy atom. The van der Waals surface area contributed by atoms with E-state index >= 15 is 0 Å². The van der Waals surface area contributed by atoms with Gasteiger partial charge in [-0.15, -0.1) is 0 Å². The molecule has 1 saturated heterocycles. The number of nitro groups is 1. The lowest BCUT2D eigenvalue weighted by atomic mass is 9.95. The first-order valence-electron chi connectivity index (χ1n) is 10.4. The highest BCUT2D eigenvalue weighted by Crippen LogP contribution is 2.31. The molecule has 1 aliphatic heterocycles. The van der Waals surface area contributed by atoms with Crippen molar-refractivity contribution in [1.82, 2.24) is 20.4 Å². The number of hydrazine groups is 1. The average Bonchev–Trinajstić information content (AvgIpc) is 3.12. The third-order valence-corrected chi connectivity index (χ3v) is 5.81. The van der Waals surface area contributed by atoms with Crippen LogP contribution in [0.5, 0.6) is 0 Å². The molecule has 10 nitrogen and oxygen atoms in total. The highest BCUT2D eigenvalue weighted by molar-refractivity contribution is 5.85. The zero-order valence-electron chi connectivity index (χ0n) is 17.7. The molecule has 2 aromatic carbocycles. The van der Waals surface area contributed by atoms with Crippen molar-refractivity contribution >= 4 is 34.2 Å². The number of aryl methyl sites for hydroxylation is 1. The van der Waals surface area contributed by atoms with Gasteiger partial charge < -0.3 is 9.47 Å². The number of imidazole rings is 1. The van der Waals surface area contributed by atoms with Gasteiger partial charge in [0.05, 0.1) is 22.4 Å². The number of para-hydroxylation sites is 4. The van der Waals surface area contributed by atoms with Gasteiger partial charge >= 0.3 is 0 Å². The number of fused-ring (bicyclic) bond motifs is 1. The van der Waals surface area contributed by atoms with E-state index in [-0.39, 0.29) is 29.8 Å². The number of benzene rings is 2. The fourth-order valence-electron chi connectivity index (χ4n) is 4.04. The molecule has 0 bridgehead atoms. The molecule has 3 aromatic rings. The van der Waals surface area contributed by atoms with Crippen molar-refractivity contribution in [1.29, 1.82) is 0 Å². The molecule has 0 radical (unpaired) electrons. The highest BCUT2D eigenvalue weighted by atomic mass is 16.6. The van der Waals surface area contributed by atoms with Crippen LogP contribution in [0.15, 0.2) is 48.5 Å². The zero-order valence-corrected chi connectivity index (χ0v) is 17.7. The summed E-state index contributed by atoms with van der Waals surface area (Å²) >= 11 is 0. The second-order valence-corrected chi connectivity index (χ2v) is 7.80. The van der Waals surface area contributed by atoms with Crippen LogP contribution in [-0.4, -0.2) is 39.4 Å². The normalized spacial score (nSPS) is 14.3. The van der Waals surface area contributed by atoms with Gasteiger partial charge in [-0.25, -0.2) is 4.98 Å². The predicted octanol–water partition coefficient (Wildman–Crippen LogP) is 2.09. The number of nitrogens with zero attached hydrogens (tertiary/aromatic N) is 4. The van der Waals surface area contributed by atoms with E-state index in [4.69, 9.17) is 0 Å². The standard InChI is InChI=1S/C22H24N6O4/c1-26-17-7-3-2-6-16(17)23-20(26)14-21(29)24-25-22(30)15-10-12-27(13-11-15)18-8-4-5-9-19(18)28(31)32/h2-9,15H,10-14H2,1H3,(H,24,29)(H,25,30). The fourth-order valence-corrected chi connectivity index (χ4v) is 4.04. The van der Waals surface area contributed by atoms with Crippen LogP contribution in [0, 0.1) is 16.0 Å². The van der Waals surface area contributed by atoms with Crippen molar-refractivity contribution in [3.8, 4) is 0 Å². The molecule has 166 valence electrons. The minimum absolute atomic E-state index is 0.0432. The van der Waals surface area contributed by atoms with Crippen molar-refractivity contribution < 1.29 is 14.5 Å². The number of piperidine rings is 1. The first kappa shape index (κ1) is 21.3. The molecule has 32 heavy (non-hydrogen) atoms. The summed E-state index contributed by atoms with van der Waals surface area (Å²) in [6.45, 7) is 1.05. The van der Waals surface area contributed by atoms with Gasteiger partial charge in [-0.1, -0.05) is 24.3 Å². The van der Waals surface area contributed by atoms with E-state index in [0.717, 1.165) is 11.0 Å². The molecule has 0 atom stereocenters. The largest absolute Gasteiger partial charge is 0.366 e. The van der Waals surface area contributed by atoms with E-state index < -0.39 is 4.92 Å². The van der Waals surface area contributed by atoms with Crippen LogP contribution in [0.1, 0.15) is 18.7 Å². The van der Waals surface area contributed by atoms with Crippen LogP contribution >= 0.6 is 0 Å². The second-order valence-electron chi connectivity index (χ2n) is 7.80. The first-order valence-corrected chi connectivity index (χ1v) is 10.4. The summed E-state index contributed by atoms with van der Waals surface area (Å²) in [5, 5.41) is 11.3. The molecule has 1 fully saturated rings. The van der Waals surface area contributed by atoms with Crippen LogP contribution in [-0.2, 0) is 23.1 Å². The lowest BCUT2D eigenvalue weighted by Gasteiger charge is -2.32. The van der Waals surface area contributed by atoms with Gasteiger partial charge in [0.2, 0.25) is 11.8 Å². The first-order chi connectivity index (χ1) is 15.4. The van der Waals surface area contributed by atoms with Crippen LogP contribution in [0.4, 0.5) is 11.4 Å². The molecule has 10 heteroatoms. The fraction of sp³-hybridized carbons (Fsp3) is 0.318. The number of carbonyl (C=O) groups excluding carboxylic acids is 2. The van der Waals surface area contributed by atoms with E-state index in [1.165, 1.54) is 6.07 Å². The number of rotatable bonds is 5. The third-order valence-electron chi connectivity index (χ3n) is 5.81. The number of carbonyl (C=O) groups is 2. The minimum Gasteiger partial charge on any atom is -0.366 e. The molecule has 0 spiro atoms. The molecule has 0 aliphatic carbocycles. The van der Waals surface area contributed by atoms with E-state index in [9.17, 15) is 19.7 Å². The summed E-state index contributed by atoms with van der Waals surface area (Å²) in [4.78, 5) is 42.1. The summed E-state index contributed by atoms with van der Waals surface area (Å²) in [5.74, 6) is -0.277. The van der Waals surface area contributed by atoms with Gasteiger partial charge in [0, 0.05) is 32.1 Å². The lowest BCUT2D eigenvalue weighted by Crippen LogP contribution is -2.48. The Labute approximate surface area is 184 Å². The number of nitrogens with one attached hydrogen (secondary N) is 2. The van der Waals surface area contributed by atoms with Crippen LogP contribution in [0.25, 0.3) is 11.0 Å². The lowest BCUT2D eigenvalue weighted by molar-refractivity contribution is -0.384. The Kier molecular flexibility index (Phi) is 6.02. The van der Waals surface area contributed by atoms with Gasteiger partial charge in [-0.2, -0.15) is 0 Å². The number of anilines is 1. The summed E-state index contributed by atoms with van der Waals surface area (Å²) in [6, 6.07) is 14.2. The summed E-state index contributed by atoms with van der Waals surface area (Å²) in [5.41, 5.74) is 7.35. The number of hydrogen-bond donors (Lipinski definition) is 2. The highest BCUT2D eigenvalue weighted by Gasteiger charge is 2.28. The van der Waals surface area contributed by atoms with Gasteiger partial charge in [-0.05, 0) is 31.0 Å². The average molecular weight is 436 g/mol. The zero-order chi connectivity index (χ0) is 22.7. The Balaban J connectivity index is 1.28. The molecular formula is C22H24N6O4. The predicted molar refractivity (Wildman–Crippen MR) is 119 cm³/mol. The summed E-state index contributed by atoms with van der Waals surface area (Å²) in [7, 11) is 1.85. The molecule has 1 aliphatic rings. The van der Waals surface area contributed by atoms with Gasteiger partial charge in [-0.3, -0.25) is 30.6 Å².